The third kappa shape index (κ3) is 2.52. The standard InChI is InChI=1S/C16H24N4O3/c1-12-7-17-14(23-12)13-8-18(2)9-16(13)10-20(11-16)15(21)19-3-5-22-6-4-19/h7,13H,3-6,8-11H2,1-2H3. The summed E-state index contributed by atoms with van der Waals surface area (Å²) < 4.78 is 11.1. The van der Waals surface area contributed by atoms with Crippen LogP contribution in [0.3, 0.4) is 0 Å². The molecule has 1 aromatic rings. The number of likely N-dealkylation sites (N-methyl/N-ethyl adjacent to an activating group) is 1. The Morgan fingerprint density at radius 3 is 2.65 bits per heavy atom. The number of rotatable bonds is 1. The molecule has 0 aromatic carbocycles. The zero-order chi connectivity index (χ0) is 16.0. The van der Waals surface area contributed by atoms with E-state index < -0.39 is 0 Å². The molecule has 1 atom stereocenters. The molecule has 2 amide bonds. The van der Waals surface area contributed by atoms with Gasteiger partial charge in [0.1, 0.15) is 5.76 Å². The summed E-state index contributed by atoms with van der Waals surface area (Å²) in [5, 5.41) is 0. The summed E-state index contributed by atoms with van der Waals surface area (Å²) in [5.41, 5.74) is 0.0913. The lowest BCUT2D eigenvalue weighted by Crippen LogP contribution is -2.64. The van der Waals surface area contributed by atoms with Crippen LogP contribution in [0.25, 0.3) is 0 Å². The monoisotopic (exact) mass is 320 g/mol. The van der Waals surface area contributed by atoms with Gasteiger partial charge in [0, 0.05) is 44.7 Å². The van der Waals surface area contributed by atoms with Crippen molar-refractivity contribution in [3.63, 3.8) is 0 Å². The lowest BCUT2D eigenvalue weighted by atomic mass is 9.71. The predicted molar refractivity (Wildman–Crippen MR) is 83.3 cm³/mol. The first-order valence-corrected chi connectivity index (χ1v) is 8.30. The van der Waals surface area contributed by atoms with Crippen LogP contribution in [0.4, 0.5) is 4.79 Å². The van der Waals surface area contributed by atoms with Crippen molar-refractivity contribution >= 4 is 6.03 Å². The molecule has 3 fully saturated rings. The van der Waals surface area contributed by atoms with Crippen LogP contribution in [0.15, 0.2) is 10.6 Å². The largest absolute Gasteiger partial charge is 0.446 e. The fourth-order valence-corrected chi connectivity index (χ4v) is 4.22. The number of hydrogen-bond donors (Lipinski definition) is 0. The number of likely N-dealkylation sites (tertiary alicyclic amines) is 2. The second-order valence-corrected chi connectivity index (χ2v) is 7.16. The summed E-state index contributed by atoms with van der Waals surface area (Å²) >= 11 is 0. The Balaban J connectivity index is 1.46. The van der Waals surface area contributed by atoms with Crippen LogP contribution in [-0.4, -0.2) is 85.2 Å². The Morgan fingerprint density at radius 2 is 2.00 bits per heavy atom. The van der Waals surface area contributed by atoms with Gasteiger partial charge in [-0.25, -0.2) is 9.78 Å². The molecule has 126 valence electrons. The highest BCUT2D eigenvalue weighted by Crippen LogP contribution is 2.48. The third-order valence-electron chi connectivity index (χ3n) is 5.32. The summed E-state index contributed by atoms with van der Waals surface area (Å²) in [6.07, 6.45) is 1.79. The SMILES string of the molecule is Cc1cnc(C2CN(C)CC23CN(C(=O)N2CCOCC2)C3)o1. The lowest BCUT2D eigenvalue weighted by Gasteiger charge is -2.51. The van der Waals surface area contributed by atoms with Gasteiger partial charge < -0.3 is 23.9 Å². The molecule has 3 aliphatic heterocycles. The molecule has 1 aromatic heterocycles. The Morgan fingerprint density at radius 1 is 1.26 bits per heavy atom. The molecule has 1 spiro atoms. The number of ether oxygens (including phenoxy) is 1. The van der Waals surface area contributed by atoms with E-state index in [4.69, 9.17) is 9.15 Å². The normalized spacial score (nSPS) is 27.5. The molecule has 7 heteroatoms. The van der Waals surface area contributed by atoms with Gasteiger partial charge in [0.2, 0.25) is 0 Å². The molecule has 0 aliphatic carbocycles. The van der Waals surface area contributed by atoms with Crippen molar-refractivity contribution in [3.8, 4) is 0 Å². The first kappa shape index (κ1) is 15.0. The fourth-order valence-electron chi connectivity index (χ4n) is 4.22. The Hall–Kier alpha value is -1.60. The van der Waals surface area contributed by atoms with Gasteiger partial charge in [0.05, 0.1) is 25.3 Å². The molecule has 0 saturated carbocycles. The maximum absolute atomic E-state index is 12.6. The number of nitrogens with zero attached hydrogens (tertiary/aromatic N) is 4. The van der Waals surface area contributed by atoms with E-state index in [1.165, 1.54) is 0 Å². The lowest BCUT2D eigenvalue weighted by molar-refractivity contribution is -0.00815. The van der Waals surface area contributed by atoms with Crippen molar-refractivity contribution in [2.24, 2.45) is 5.41 Å². The van der Waals surface area contributed by atoms with Crippen molar-refractivity contribution in [2.75, 3.05) is 59.5 Å². The molecule has 3 saturated heterocycles. The Labute approximate surface area is 136 Å². The first-order valence-electron chi connectivity index (χ1n) is 8.30. The molecule has 3 aliphatic rings. The quantitative estimate of drug-likeness (QED) is 0.765. The summed E-state index contributed by atoms with van der Waals surface area (Å²) in [7, 11) is 2.13. The Kier molecular flexibility index (Phi) is 3.57. The van der Waals surface area contributed by atoms with E-state index in [2.05, 4.69) is 16.9 Å². The van der Waals surface area contributed by atoms with E-state index in [1.807, 2.05) is 16.7 Å². The molecule has 23 heavy (non-hydrogen) atoms. The van der Waals surface area contributed by atoms with E-state index in [-0.39, 0.29) is 17.4 Å². The number of urea groups is 1. The number of carbonyl (C=O) groups is 1. The van der Waals surface area contributed by atoms with E-state index in [1.54, 1.807) is 6.20 Å². The first-order chi connectivity index (χ1) is 11.1. The number of carbonyl (C=O) groups excluding carboxylic acids is 1. The molecule has 7 nitrogen and oxygen atoms in total. The van der Waals surface area contributed by atoms with Crippen LogP contribution in [0.1, 0.15) is 17.6 Å². The summed E-state index contributed by atoms with van der Waals surface area (Å²) in [6.45, 7) is 8.13. The third-order valence-corrected chi connectivity index (χ3v) is 5.32. The fraction of sp³-hybridized carbons (Fsp3) is 0.750. The molecular weight excluding hydrogens is 296 g/mol. The van der Waals surface area contributed by atoms with Crippen molar-refractivity contribution in [1.29, 1.82) is 0 Å². The van der Waals surface area contributed by atoms with Crippen molar-refractivity contribution < 1.29 is 13.9 Å². The minimum absolute atomic E-state index is 0.0913. The second kappa shape index (κ2) is 5.49. The molecule has 0 radical (unpaired) electrons. The average Bonchev–Trinajstić information content (AvgIpc) is 3.09. The number of amides is 2. The van der Waals surface area contributed by atoms with Crippen LogP contribution in [-0.2, 0) is 4.74 Å². The number of hydrogen-bond acceptors (Lipinski definition) is 5. The van der Waals surface area contributed by atoms with Crippen LogP contribution in [0, 0.1) is 12.3 Å². The zero-order valence-electron chi connectivity index (χ0n) is 13.8. The van der Waals surface area contributed by atoms with Gasteiger partial charge in [0.25, 0.3) is 0 Å². The number of aromatic nitrogens is 1. The molecule has 0 bridgehead atoms. The summed E-state index contributed by atoms with van der Waals surface area (Å²) in [6, 6.07) is 0.149. The van der Waals surface area contributed by atoms with E-state index >= 15 is 0 Å². The van der Waals surface area contributed by atoms with Crippen LogP contribution in [0.2, 0.25) is 0 Å². The molecule has 4 heterocycles. The zero-order valence-corrected chi connectivity index (χ0v) is 13.8. The maximum atomic E-state index is 12.6. The van der Waals surface area contributed by atoms with Gasteiger partial charge in [-0.1, -0.05) is 0 Å². The highest BCUT2D eigenvalue weighted by Gasteiger charge is 2.57. The minimum Gasteiger partial charge on any atom is -0.446 e. The number of oxazole rings is 1. The summed E-state index contributed by atoms with van der Waals surface area (Å²) in [4.78, 5) is 23.2. The maximum Gasteiger partial charge on any atom is 0.320 e. The van der Waals surface area contributed by atoms with E-state index in [0.717, 1.165) is 37.8 Å². The smallest absolute Gasteiger partial charge is 0.320 e. The highest BCUT2D eigenvalue weighted by molar-refractivity contribution is 5.75. The van der Waals surface area contributed by atoms with Crippen LogP contribution >= 0.6 is 0 Å². The van der Waals surface area contributed by atoms with Crippen molar-refractivity contribution in [3.05, 3.63) is 17.8 Å². The number of aryl methyl sites for hydroxylation is 1. The topological polar surface area (TPSA) is 62.1 Å². The van der Waals surface area contributed by atoms with Gasteiger partial charge in [-0.2, -0.15) is 0 Å². The summed E-state index contributed by atoms with van der Waals surface area (Å²) in [5.74, 6) is 1.95. The van der Waals surface area contributed by atoms with Crippen molar-refractivity contribution in [1.82, 2.24) is 19.7 Å². The number of morpholine rings is 1. The Bertz CT molecular complexity index is 590. The van der Waals surface area contributed by atoms with E-state index in [0.29, 0.717) is 26.3 Å². The van der Waals surface area contributed by atoms with Crippen molar-refractivity contribution in [2.45, 2.75) is 12.8 Å². The second-order valence-electron chi connectivity index (χ2n) is 7.16. The van der Waals surface area contributed by atoms with Gasteiger partial charge >= 0.3 is 6.03 Å². The van der Waals surface area contributed by atoms with Gasteiger partial charge in [-0.05, 0) is 14.0 Å². The predicted octanol–water partition coefficient (Wildman–Crippen LogP) is 0.766. The average molecular weight is 320 g/mol. The molecule has 1 unspecified atom stereocenters. The molecule has 0 N–H and O–H groups in total. The minimum atomic E-state index is 0.0913. The van der Waals surface area contributed by atoms with Crippen LogP contribution in [0.5, 0.6) is 0 Å². The molecular formula is C16H24N4O3. The van der Waals surface area contributed by atoms with Gasteiger partial charge in [-0.3, -0.25) is 0 Å². The van der Waals surface area contributed by atoms with E-state index in [9.17, 15) is 4.79 Å². The van der Waals surface area contributed by atoms with Gasteiger partial charge in [-0.15, -0.1) is 0 Å². The van der Waals surface area contributed by atoms with Crippen LogP contribution < -0.4 is 0 Å². The molecule has 4 rings (SSSR count). The highest BCUT2D eigenvalue weighted by atomic mass is 16.5. The van der Waals surface area contributed by atoms with Gasteiger partial charge in [0.15, 0.2) is 5.89 Å².